The molecular weight excluding hydrogens is 304 g/mol. The first-order valence-corrected chi connectivity index (χ1v) is 7.86. The van der Waals surface area contributed by atoms with Gasteiger partial charge in [0, 0.05) is 18.0 Å². The van der Waals surface area contributed by atoms with Crippen molar-refractivity contribution in [3.8, 4) is 0 Å². The molecule has 2 atom stereocenters. The predicted molar refractivity (Wildman–Crippen MR) is 85.2 cm³/mol. The van der Waals surface area contributed by atoms with Gasteiger partial charge in [0.05, 0.1) is 0 Å². The summed E-state index contributed by atoms with van der Waals surface area (Å²) in [6, 6.07) is 5.60. The summed E-state index contributed by atoms with van der Waals surface area (Å²) < 4.78 is 0. The number of carbonyl (C=O) groups is 2. The molecule has 22 heavy (non-hydrogen) atoms. The Morgan fingerprint density at radius 1 is 1.36 bits per heavy atom. The van der Waals surface area contributed by atoms with Crippen molar-refractivity contribution in [3.05, 3.63) is 34.3 Å². The summed E-state index contributed by atoms with van der Waals surface area (Å²) in [7, 11) is 0. The normalized spacial score (nSPS) is 23.6. The fraction of sp³-hybridized carbons (Fsp3) is 0.500. The summed E-state index contributed by atoms with van der Waals surface area (Å²) in [5.74, 6) is -0.528. The van der Waals surface area contributed by atoms with E-state index in [4.69, 9.17) is 16.7 Å². The molecule has 1 fully saturated rings. The Balaban J connectivity index is 0.000000172. The van der Waals surface area contributed by atoms with E-state index in [1.165, 1.54) is 11.1 Å². The molecule has 1 aromatic rings. The molecule has 3 N–H and O–H groups in total. The third-order valence-electron chi connectivity index (χ3n) is 3.95. The number of halogens is 1. The minimum atomic E-state index is -0.944. The highest BCUT2D eigenvalue weighted by Gasteiger charge is 2.26. The number of hydrogen-bond acceptors (Lipinski definition) is 3. The van der Waals surface area contributed by atoms with Crippen LogP contribution < -0.4 is 10.6 Å². The Morgan fingerprint density at radius 3 is 2.73 bits per heavy atom. The van der Waals surface area contributed by atoms with Gasteiger partial charge >= 0.3 is 5.97 Å². The van der Waals surface area contributed by atoms with Crippen LogP contribution in [0.15, 0.2) is 18.2 Å². The van der Waals surface area contributed by atoms with Crippen LogP contribution in [0.5, 0.6) is 0 Å². The fourth-order valence-electron chi connectivity index (χ4n) is 2.70. The van der Waals surface area contributed by atoms with Gasteiger partial charge in [-0.3, -0.25) is 4.79 Å². The molecule has 0 bridgehead atoms. The maximum absolute atomic E-state index is 10.4. The summed E-state index contributed by atoms with van der Waals surface area (Å²) in [6.45, 7) is 4.39. The summed E-state index contributed by atoms with van der Waals surface area (Å²) in [4.78, 5) is 20.5. The van der Waals surface area contributed by atoms with E-state index in [-0.39, 0.29) is 5.91 Å². The molecule has 0 aromatic heterocycles. The number of benzene rings is 1. The zero-order valence-corrected chi connectivity index (χ0v) is 13.3. The number of aliphatic carboxylic acids is 1. The number of carboxylic acid groups (broad SMARTS) is 1. The molecule has 0 radical (unpaired) electrons. The van der Waals surface area contributed by atoms with E-state index in [9.17, 15) is 9.59 Å². The first-order chi connectivity index (χ1) is 10.5. The van der Waals surface area contributed by atoms with Gasteiger partial charge in [0.15, 0.2) is 0 Å². The zero-order valence-electron chi connectivity index (χ0n) is 12.6. The van der Waals surface area contributed by atoms with Gasteiger partial charge < -0.3 is 15.7 Å². The minimum absolute atomic E-state index is 0.164. The van der Waals surface area contributed by atoms with E-state index < -0.39 is 12.0 Å². The highest BCUT2D eigenvalue weighted by Crippen LogP contribution is 2.25. The lowest BCUT2D eigenvalue weighted by atomic mass is 9.96. The van der Waals surface area contributed by atoms with Crippen molar-refractivity contribution in [2.45, 2.75) is 38.1 Å². The topological polar surface area (TPSA) is 78.4 Å². The molecule has 0 saturated carbocycles. The first kappa shape index (κ1) is 16.8. The third-order valence-corrected chi connectivity index (χ3v) is 4.19. The van der Waals surface area contributed by atoms with Crippen molar-refractivity contribution in [2.75, 3.05) is 13.1 Å². The number of rotatable bonds is 1. The van der Waals surface area contributed by atoms with Gasteiger partial charge in [-0.2, -0.15) is 0 Å². The number of carbonyl (C=O) groups excluding carboxylic acids is 1. The van der Waals surface area contributed by atoms with E-state index >= 15 is 0 Å². The van der Waals surface area contributed by atoms with Crippen LogP contribution in [-0.2, 0) is 16.0 Å². The Morgan fingerprint density at radius 2 is 2.14 bits per heavy atom. The third kappa shape index (κ3) is 4.45. The van der Waals surface area contributed by atoms with Gasteiger partial charge in [0.1, 0.15) is 6.04 Å². The molecule has 1 amide bonds. The lowest BCUT2D eigenvalue weighted by molar-refractivity contribution is -0.140. The molecule has 1 aromatic carbocycles. The number of amides is 1. The Labute approximate surface area is 135 Å². The largest absolute Gasteiger partial charge is 0.480 e. The predicted octanol–water partition coefficient (Wildman–Crippen LogP) is 1.94. The van der Waals surface area contributed by atoms with Crippen LogP contribution in [0.25, 0.3) is 0 Å². The molecule has 120 valence electrons. The second-order valence-corrected chi connectivity index (χ2v) is 6.13. The molecule has 3 rings (SSSR count). The van der Waals surface area contributed by atoms with E-state index in [0.29, 0.717) is 18.8 Å². The van der Waals surface area contributed by atoms with Crippen molar-refractivity contribution in [1.82, 2.24) is 10.6 Å². The molecular formula is C16H21ClN2O3. The van der Waals surface area contributed by atoms with Gasteiger partial charge in [-0.25, -0.2) is 4.79 Å². The maximum atomic E-state index is 10.4. The van der Waals surface area contributed by atoms with Crippen molar-refractivity contribution in [3.63, 3.8) is 0 Å². The van der Waals surface area contributed by atoms with E-state index in [2.05, 4.69) is 29.7 Å². The Bertz CT molecular complexity index is 562. The number of fused-ring (bicyclic) bond motifs is 1. The fourth-order valence-corrected chi connectivity index (χ4v) is 2.88. The molecule has 1 unspecified atom stereocenters. The minimum Gasteiger partial charge on any atom is -0.480 e. The lowest BCUT2D eigenvalue weighted by Crippen LogP contribution is -2.32. The standard InChI is InChI=1S/C11H14ClN.C5H7NO3/c1-8-7-13-5-4-9-2-3-10(12)6-11(8)9;7-4-2-1-3(6-4)5(8)9/h2-3,6,8,13H,4-5,7H2,1H3;3H,1-2H2,(H,6,7)(H,8,9)/t8-;/m1./s1. The molecule has 0 spiro atoms. The molecule has 2 aliphatic heterocycles. The molecule has 0 aliphatic carbocycles. The van der Waals surface area contributed by atoms with Crippen LogP contribution in [-0.4, -0.2) is 36.1 Å². The van der Waals surface area contributed by atoms with Crippen molar-refractivity contribution >= 4 is 23.5 Å². The Hall–Kier alpha value is -1.59. The maximum Gasteiger partial charge on any atom is 0.326 e. The lowest BCUT2D eigenvalue weighted by Gasteiger charge is -2.11. The number of nitrogens with one attached hydrogen (secondary N) is 2. The van der Waals surface area contributed by atoms with Crippen LogP contribution >= 0.6 is 11.6 Å². The second-order valence-electron chi connectivity index (χ2n) is 5.70. The van der Waals surface area contributed by atoms with Crippen LogP contribution in [0.3, 0.4) is 0 Å². The van der Waals surface area contributed by atoms with Crippen LogP contribution in [0.2, 0.25) is 5.02 Å². The Kier molecular flexibility index (Phi) is 5.80. The van der Waals surface area contributed by atoms with Crippen molar-refractivity contribution in [2.24, 2.45) is 0 Å². The summed E-state index contributed by atoms with van der Waals surface area (Å²) in [5.41, 5.74) is 2.86. The smallest absolute Gasteiger partial charge is 0.326 e. The summed E-state index contributed by atoms with van der Waals surface area (Å²) in [5, 5.41) is 14.9. The summed E-state index contributed by atoms with van der Waals surface area (Å²) >= 11 is 5.97. The molecule has 1 saturated heterocycles. The van der Waals surface area contributed by atoms with Crippen LogP contribution in [0.1, 0.15) is 36.8 Å². The van der Waals surface area contributed by atoms with E-state index in [0.717, 1.165) is 24.5 Å². The van der Waals surface area contributed by atoms with Gasteiger partial charge in [0.2, 0.25) is 5.91 Å². The number of carboxylic acids is 1. The molecule has 5 nitrogen and oxygen atoms in total. The highest BCUT2D eigenvalue weighted by atomic mass is 35.5. The average molecular weight is 325 g/mol. The van der Waals surface area contributed by atoms with Crippen molar-refractivity contribution < 1.29 is 14.7 Å². The van der Waals surface area contributed by atoms with Gasteiger partial charge in [0.25, 0.3) is 0 Å². The van der Waals surface area contributed by atoms with Crippen LogP contribution in [0, 0.1) is 0 Å². The zero-order chi connectivity index (χ0) is 16.1. The van der Waals surface area contributed by atoms with E-state index in [1.54, 1.807) is 0 Å². The molecule has 6 heteroatoms. The van der Waals surface area contributed by atoms with E-state index in [1.807, 2.05) is 6.07 Å². The SMILES string of the molecule is C[C@@H]1CNCCc2ccc(Cl)cc21.O=C1CCC(C(=O)O)N1. The molecule has 2 heterocycles. The van der Waals surface area contributed by atoms with Crippen LogP contribution in [0.4, 0.5) is 0 Å². The van der Waals surface area contributed by atoms with Gasteiger partial charge in [-0.15, -0.1) is 0 Å². The van der Waals surface area contributed by atoms with Gasteiger partial charge in [-0.05, 0) is 48.6 Å². The molecule has 2 aliphatic rings. The average Bonchev–Trinajstić information content (AvgIpc) is 2.84. The first-order valence-electron chi connectivity index (χ1n) is 7.48. The van der Waals surface area contributed by atoms with Gasteiger partial charge in [-0.1, -0.05) is 24.6 Å². The monoisotopic (exact) mass is 324 g/mol. The second kappa shape index (κ2) is 7.61. The quantitative estimate of drug-likeness (QED) is 0.737. The number of hydrogen-bond donors (Lipinski definition) is 3. The summed E-state index contributed by atoms with van der Waals surface area (Å²) in [6.07, 6.45) is 1.89. The highest BCUT2D eigenvalue weighted by molar-refractivity contribution is 6.30. The van der Waals surface area contributed by atoms with Crippen molar-refractivity contribution in [1.29, 1.82) is 0 Å².